The van der Waals surface area contributed by atoms with Crippen LogP contribution >= 0.6 is 27.5 Å². The average molecular weight is 558 g/mol. The predicted molar refractivity (Wildman–Crippen MR) is 139 cm³/mol. The maximum Gasteiger partial charge on any atom is 0.324 e. The number of anilines is 3. The SMILES string of the molecule is CC(C)(C)c1cc(NC(=O)Nc2ccc(NC(=O)c3cnn(-c4cccc(Cl)c4)c3Br)cc2)no1. The summed E-state index contributed by atoms with van der Waals surface area (Å²) in [5, 5.41) is 16.8. The molecule has 180 valence electrons. The number of nitrogens with one attached hydrogen (secondary N) is 3. The number of halogens is 2. The molecule has 4 aromatic rings. The number of nitrogens with zero attached hydrogens (tertiary/aromatic N) is 3. The summed E-state index contributed by atoms with van der Waals surface area (Å²) < 4.78 is 7.33. The monoisotopic (exact) mass is 556 g/mol. The minimum Gasteiger partial charge on any atom is -0.359 e. The van der Waals surface area contributed by atoms with Crippen molar-refractivity contribution in [1.29, 1.82) is 0 Å². The van der Waals surface area contributed by atoms with Crippen LogP contribution in [0, 0.1) is 0 Å². The number of hydrogen-bond acceptors (Lipinski definition) is 5. The van der Waals surface area contributed by atoms with Crippen molar-refractivity contribution in [2.75, 3.05) is 16.0 Å². The van der Waals surface area contributed by atoms with Gasteiger partial charge >= 0.3 is 6.03 Å². The van der Waals surface area contributed by atoms with Crippen molar-refractivity contribution < 1.29 is 14.1 Å². The van der Waals surface area contributed by atoms with Gasteiger partial charge in [0.05, 0.1) is 17.4 Å². The fourth-order valence-electron chi connectivity index (χ4n) is 3.08. The van der Waals surface area contributed by atoms with Crippen LogP contribution in [0.4, 0.5) is 22.0 Å². The zero-order valence-corrected chi connectivity index (χ0v) is 21.4. The molecular weight excluding hydrogens is 536 g/mol. The van der Waals surface area contributed by atoms with Gasteiger partial charge in [-0.05, 0) is 58.4 Å². The molecule has 9 nitrogen and oxygen atoms in total. The number of carbonyl (C=O) groups excluding carboxylic acids is 2. The van der Waals surface area contributed by atoms with Gasteiger partial charge in [0.25, 0.3) is 5.91 Å². The van der Waals surface area contributed by atoms with Crippen molar-refractivity contribution in [2.45, 2.75) is 26.2 Å². The molecule has 11 heteroatoms. The van der Waals surface area contributed by atoms with Crippen LogP contribution < -0.4 is 16.0 Å². The third-order valence-corrected chi connectivity index (χ3v) is 5.90. The topological polar surface area (TPSA) is 114 Å². The molecule has 0 radical (unpaired) electrons. The summed E-state index contributed by atoms with van der Waals surface area (Å²) in [6.07, 6.45) is 1.47. The highest BCUT2D eigenvalue weighted by Crippen LogP contribution is 2.25. The lowest BCUT2D eigenvalue weighted by Gasteiger charge is -2.12. The third kappa shape index (κ3) is 5.90. The Labute approximate surface area is 215 Å². The lowest BCUT2D eigenvalue weighted by molar-refractivity contribution is 0.102. The van der Waals surface area contributed by atoms with Gasteiger partial charge < -0.3 is 15.2 Å². The Hall–Kier alpha value is -3.63. The standard InChI is InChI=1S/C24H22BrClN6O3/c1-24(2,3)19-12-20(31-35-19)30-23(34)29-16-9-7-15(8-10-16)28-22(33)18-13-27-32(21(18)25)17-6-4-5-14(26)11-17/h4-13H,1-3H3,(H,28,33)(H2,29,30,31,34). The molecule has 2 aromatic heterocycles. The zero-order valence-electron chi connectivity index (χ0n) is 19.1. The van der Waals surface area contributed by atoms with Gasteiger partial charge in [0.1, 0.15) is 10.4 Å². The normalized spacial score (nSPS) is 11.2. The Balaban J connectivity index is 1.37. The van der Waals surface area contributed by atoms with Gasteiger partial charge in [-0.15, -0.1) is 0 Å². The summed E-state index contributed by atoms with van der Waals surface area (Å²) in [6.45, 7) is 5.96. The quantitative estimate of drug-likeness (QED) is 0.260. The van der Waals surface area contributed by atoms with Crippen molar-refractivity contribution in [3.63, 3.8) is 0 Å². The molecule has 2 aromatic carbocycles. The fourth-order valence-corrected chi connectivity index (χ4v) is 3.84. The number of aromatic nitrogens is 3. The van der Waals surface area contributed by atoms with E-state index in [9.17, 15) is 9.59 Å². The van der Waals surface area contributed by atoms with Gasteiger partial charge in [0.15, 0.2) is 5.82 Å². The molecule has 0 aliphatic heterocycles. The first-order valence-electron chi connectivity index (χ1n) is 10.6. The lowest BCUT2D eigenvalue weighted by atomic mass is 9.93. The highest BCUT2D eigenvalue weighted by Gasteiger charge is 2.20. The zero-order chi connectivity index (χ0) is 25.2. The second-order valence-corrected chi connectivity index (χ2v) is 9.87. The molecule has 0 saturated heterocycles. The maximum atomic E-state index is 12.8. The van der Waals surface area contributed by atoms with Crippen molar-refractivity contribution in [2.24, 2.45) is 0 Å². The van der Waals surface area contributed by atoms with E-state index in [2.05, 4.69) is 42.1 Å². The molecule has 3 N–H and O–H groups in total. The van der Waals surface area contributed by atoms with Crippen LogP contribution in [-0.4, -0.2) is 26.9 Å². The van der Waals surface area contributed by atoms with E-state index in [1.165, 1.54) is 6.20 Å². The first kappa shape index (κ1) is 24.5. The van der Waals surface area contributed by atoms with Crippen molar-refractivity contribution in [3.8, 4) is 5.69 Å². The summed E-state index contributed by atoms with van der Waals surface area (Å²) in [7, 11) is 0. The van der Waals surface area contributed by atoms with Crippen molar-refractivity contribution >= 4 is 56.7 Å². The molecular formula is C24H22BrClN6O3. The lowest BCUT2D eigenvalue weighted by Crippen LogP contribution is -2.19. The first-order chi connectivity index (χ1) is 16.6. The number of carbonyl (C=O) groups is 2. The van der Waals surface area contributed by atoms with Crippen LogP contribution in [0.1, 0.15) is 36.9 Å². The van der Waals surface area contributed by atoms with E-state index < -0.39 is 6.03 Å². The molecule has 3 amide bonds. The fraction of sp³-hybridized carbons (Fsp3) is 0.167. The molecule has 0 aliphatic rings. The molecule has 35 heavy (non-hydrogen) atoms. The van der Waals surface area contributed by atoms with Crippen molar-refractivity contribution in [1.82, 2.24) is 14.9 Å². The highest BCUT2D eigenvalue weighted by molar-refractivity contribution is 9.10. The molecule has 4 rings (SSSR count). The molecule has 0 bridgehead atoms. The van der Waals surface area contributed by atoms with E-state index in [-0.39, 0.29) is 11.3 Å². The second-order valence-electron chi connectivity index (χ2n) is 8.68. The van der Waals surface area contributed by atoms with Gasteiger partial charge in [0.2, 0.25) is 0 Å². The van der Waals surface area contributed by atoms with Crippen molar-refractivity contribution in [3.05, 3.63) is 81.7 Å². The van der Waals surface area contributed by atoms with E-state index in [0.717, 1.165) is 5.69 Å². The minimum atomic E-state index is -0.465. The van der Waals surface area contributed by atoms with Gasteiger partial charge in [-0.1, -0.05) is 43.6 Å². The number of rotatable bonds is 5. The van der Waals surface area contributed by atoms with Gasteiger partial charge in [-0.25, -0.2) is 9.48 Å². The largest absolute Gasteiger partial charge is 0.359 e. The van der Waals surface area contributed by atoms with Crippen LogP contribution in [0.15, 0.2) is 69.9 Å². The third-order valence-electron chi connectivity index (χ3n) is 4.90. The second kappa shape index (κ2) is 9.93. The maximum absolute atomic E-state index is 12.8. The van der Waals surface area contributed by atoms with Crippen LogP contribution in [-0.2, 0) is 5.41 Å². The Morgan fingerprint density at radius 2 is 1.69 bits per heavy atom. The van der Waals surface area contributed by atoms with E-state index in [1.807, 2.05) is 26.8 Å². The molecule has 0 aliphatic carbocycles. The Bertz CT molecular complexity index is 1370. The summed E-state index contributed by atoms with van der Waals surface area (Å²) in [4.78, 5) is 25.0. The molecule has 0 saturated carbocycles. The molecule has 0 atom stereocenters. The molecule has 0 spiro atoms. The Morgan fingerprint density at radius 1 is 1.00 bits per heavy atom. The molecule has 2 heterocycles. The van der Waals surface area contributed by atoms with E-state index >= 15 is 0 Å². The average Bonchev–Trinajstić information content (AvgIpc) is 3.42. The van der Waals surface area contributed by atoms with Crippen LogP contribution in [0.2, 0.25) is 5.02 Å². The van der Waals surface area contributed by atoms with Gasteiger partial charge in [0, 0.05) is 27.9 Å². The Morgan fingerprint density at radius 3 is 2.31 bits per heavy atom. The van der Waals surface area contributed by atoms with Gasteiger partial charge in [-0.3, -0.25) is 10.1 Å². The first-order valence-corrected chi connectivity index (χ1v) is 11.7. The predicted octanol–water partition coefficient (Wildman–Crippen LogP) is 6.47. The highest BCUT2D eigenvalue weighted by atomic mass is 79.9. The van der Waals surface area contributed by atoms with Crippen LogP contribution in [0.3, 0.4) is 0 Å². The minimum absolute atomic E-state index is 0.215. The molecule has 0 unspecified atom stereocenters. The molecule has 0 fully saturated rings. The van der Waals surface area contributed by atoms with Crippen LogP contribution in [0.25, 0.3) is 5.69 Å². The van der Waals surface area contributed by atoms with Crippen LogP contribution in [0.5, 0.6) is 0 Å². The number of amides is 3. The van der Waals surface area contributed by atoms with E-state index in [0.29, 0.717) is 38.1 Å². The van der Waals surface area contributed by atoms with E-state index in [1.54, 1.807) is 53.2 Å². The summed E-state index contributed by atoms with van der Waals surface area (Å²) >= 11 is 9.49. The Kier molecular flexibility index (Phi) is 6.95. The number of benzene rings is 2. The summed E-state index contributed by atoms with van der Waals surface area (Å²) in [5.74, 6) is 0.641. The number of urea groups is 1. The summed E-state index contributed by atoms with van der Waals surface area (Å²) in [6, 6.07) is 15.1. The number of hydrogen-bond donors (Lipinski definition) is 3. The van der Waals surface area contributed by atoms with E-state index in [4.69, 9.17) is 16.1 Å². The smallest absolute Gasteiger partial charge is 0.324 e. The summed E-state index contributed by atoms with van der Waals surface area (Å²) in [5.41, 5.74) is 1.95. The van der Waals surface area contributed by atoms with Gasteiger partial charge in [-0.2, -0.15) is 5.10 Å².